The maximum absolute atomic E-state index is 12.5. The largest absolute Gasteiger partial charge is 0.349 e. The Labute approximate surface area is 146 Å². The minimum absolute atomic E-state index is 0.0290. The molecule has 2 aliphatic rings. The van der Waals surface area contributed by atoms with Gasteiger partial charge >= 0.3 is 0 Å². The van der Waals surface area contributed by atoms with Crippen LogP contribution in [0, 0.1) is 0 Å². The maximum Gasteiger partial charge on any atom is 0.286 e. The molecule has 1 fully saturated rings. The number of nitrogens with zero attached hydrogens (tertiary/aromatic N) is 2. The molecule has 0 spiro atoms. The molecule has 2 aliphatic heterocycles. The molecule has 1 amide bonds. The summed E-state index contributed by atoms with van der Waals surface area (Å²) in [5, 5.41) is 2.82. The van der Waals surface area contributed by atoms with Crippen molar-refractivity contribution < 1.29 is 13.2 Å². The summed E-state index contributed by atoms with van der Waals surface area (Å²) in [7, 11) is -3.83. The van der Waals surface area contributed by atoms with Crippen LogP contribution in [0.15, 0.2) is 34.1 Å². The number of halogens is 1. The summed E-state index contributed by atoms with van der Waals surface area (Å²) in [6.07, 6.45) is 5.06. The van der Waals surface area contributed by atoms with Gasteiger partial charge in [0.15, 0.2) is 0 Å². The van der Waals surface area contributed by atoms with Crippen LogP contribution in [0.4, 0.5) is 5.69 Å². The highest BCUT2D eigenvalue weighted by atomic mass is 35.5. The van der Waals surface area contributed by atoms with E-state index in [1.54, 1.807) is 6.07 Å². The van der Waals surface area contributed by atoms with Gasteiger partial charge in [-0.15, -0.1) is 11.0 Å². The number of amides is 1. The molecule has 0 aromatic heterocycles. The molecule has 6 nitrogen and oxygen atoms in total. The summed E-state index contributed by atoms with van der Waals surface area (Å²) >= 11 is 6.25. The number of hydrogen-bond donors (Lipinski definition) is 1. The van der Waals surface area contributed by atoms with Crippen molar-refractivity contribution in [3.05, 3.63) is 35.4 Å². The van der Waals surface area contributed by atoms with Gasteiger partial charge in [0.1, 0.15) is 10.7 Å². The number of carbonyl (C=O) groups is 1. The van der Waals surface area contributed by atoms with E-state index in [0.29, 0.717) is 24.5 Å². The number of carbonyl (C=O) groups excluding carboxylic acids is 1. The second-order valence-electron chi connectivity index (χ2n) is 5.74. The van der Waals surface area contributed by atoms with E-state index in [2.05, 4.69) is 16.3 Å². The fraction of sp³-hybridized carbons (Fsp3) is 0.375. The van der Waals surface area contributed by atoms with Crippen LogP contribution in [0.1, 0.15) is 36.0 Å². The van der Waals surface area contributed by atoms with E-state index in [1.807, 2.05) is 4.90 Å². The van der Waals surface area contributed by atoms with E-state index < -0.39 is 15.9 Å². The standard InChI is InChI=1S/C16H18ClN3O3S/c1-2-7-18-16(21)11-9-14-13(10-12(11)17)20-8-5-3-4-6-15(20)19-24(14,22)23/h2,9-10H,1,3-8H2,(H,18,21). The topological polar surface area (TPSA) is 78.8 Å². The Balaban J connectivity index is 2.10. The Hall–Kier alpha value is -1.86. The molecule has 0 unspecified atom stereocenters. The highest BCUT2D eigenvalue weighted by molar-refractivity contribution is 7.90. The minimum Gasteiger partial charge on any atom is -0.349 e. The molecule has 1 N–H and O–H groups in total. The third-order valence-corrected chi connectivity index (χ3v) is 5.73. The lowest BCUT2D eigenvalue weighted by Gasteiger charge is -2.30. The predicted octanol–water partition coefficient (Wildman–Crippen LogP) is 2.74. The van der Waals surface area contributed by atoms with Crippen molar-refractivity contribution in [1.29, 1.82) is 0 Å². The van der Waals surface area contributed by atoms with E-state index in [9.17, 15) is 13.2 Å². The van der Waals surface area contributed by atoms with Gasteiger partial charge in [0.2, 0.25) is 0 Å². The predicted molar refractivity (Wildman–Crippen MR) is 94.4 cm³/mol. The molecular formula is C16H18ClN3O3S. The molecule has 2 heterocycles. The van der Waals surface area contributed by atoms with Crippen molar-refractivity contribution in [2.45, 2.75) is 30.6 Å². The van der Waals surface area contributed by atoms with Gasteiger partial charge in [-0.1, -0.05) is 24.1 Å². The van der Waals surface area contributed by atoms with E-state index in [0.717, 1.165) is 19.3 Å². The van der Waals surface area contributed by atoms with Gasteiger partial charge in [0.05, 0.1) is 16.3 Å². The first-order valence-electron chi connectivity index (χ1n) is 7.78. The monoisotopic (exact) mass is 367 g/mol. The van der Waals surface area contributed by atoms with Crippen molar-refractivity contribution in [3.8, 4) is 0 Å². The van der Waals surface area contributed by atoms with Crippen LogP contribution >= 0.6 is 11.6 Å². The molecule has 1 aromatic carbocycles. The van der Waals surface area contributed by atoms with Gasteiger partial charge < -0.3 is 10.2 Å². The number of nitrogens with one attached hydrogen (secondary N) is 1. The number of rotatable bonds is 3. The summed E-state index contributed by atoms with van der Waals surface area (Å²) in [5.41, 5.74) is 0.626. The lowest BCUT2D eigenvalue weighted by Crippen LogP contribution is -2.35. The van der Waals surface area contributed by atoms with Crippen LogP contribution in [0.5, 0.6) is 0 Å². The fourth-order valence-corrected chi connectivity index (χ4v) is 4.44. The SMILES string of the molecule is C=CCNC(=O)c1cc2c(cc1Cl)N1CCCCCC1=NS2(=O)=O. The third kappa shape index (κ3) is 3.06. The van der Waals surface area contributed by atoms with E-state index in [4.69, 9.17) is 11.6 Å². The summed E-state index contributed by atoms with van der Waals surface area (Å²) in [6, 6.07) is 2.87. The average Bonchev–Trinajstić information content (AvgIpc) is 2.76. The average molecular weight is 368 g/mol. The number of benzene rings is 1. The molecule has 128 valence electrons. The Morgan fingerprint density at radius 3 is 2.92 bits per heavy atom. The Morgan fingerprint density at radius 1 is 1.38 bits per heavy atom. The third-order valence-electron chi connectivity index (χ3n) is 4.09. The first-order chi connectivity index (χ1) is 11.4. The Bertz CT molecular complexity index is 833. The van der Waals surface area contributed by atoms with Crippen molar-refractivity contribution >= 4 is 39.1 Å². The van der Waals surface area contributed by atoms with Gasteiger partial charge in [0.25, 0.3) is 15.9 Å². The van der Waals surface area contributed by atoms with Crippen molar-refractivity contribution in [2.75, 3.05) is 18.0 Å². The smallest absolute Gasteiger partial charge is 0.286 e. The minimum atomic E-state index is -3.83. The summed E-state index contributed by atoms with van der Waals surface area (Å²) in [4.78, 5) is 14.1. The summed E-state index contributed by atoms with van der Waals surface area (Å²) in [5.74, 6) is 0.114. The lowest BCUT2D eigenvalue weighted by molar-refractivity contribution is 0.0958. The second-order valence-corrected chi connectivity index (χ2v) is 7.72. The Kier molecular flexibility index (Phi) is 4.64. The molecule has 3 rings (SSSR count). The molecule has 0 atom stereocenters. The van der Waals surface area contributed by atoms with E-state index >= 15 is 0 Å². The number of hydrogen-bond acceptors (Lipinski definition) is 4. The summed E-state index contributed by atoms with van der Waals surface area (Å²) in [6.45, 7) is 4.49. The number of fused-ring (bicyclic) bond motifs is 3. The van der Waals surface area contributed by atoms with Crippen LogP contribution in [0.3, 0.4) is 0 Å². The van der Waals surface area contributed by atoms with Crippen LogP contribution in [-0.2, 0) is 10.0 Å². The zero-order chi connectivity index (χ0) is 17.3. The molecule has 8 heteroatoms. The molecule has 0 radical (unpaired) electrons. The summed E-state index contributed by atoms with van der Waals surface area (Å²) < 4.78 is 29.0. The van der Waals surface area contributed by atoms with Gasteiger partial charge in [-0.25, -0.2) is 0 Å². The first-order valence-corrected chi connectivity index (χ1v) is 9.60. The highest BCUT2D eigenvalue weighted by Gasteiger charge is 2.33. The van der Waals surface area contributed by atoms with E-state index in [1.165, 1.54) is 12.1 Å². The van der Waals surface area contributed by atoms with E-state index in [-0.39, 0.29) is 22.0 Å². The van der Waals surface area contributed by atoms with Gasteiger partial charge in [-0.05, 0) is 25.0 Å². The molecule has 0 saturated carbocycles. The maximum atomic E-state index is 12.5. The zero-order valence-corrected chi connectivity index (χ0v) is 14.7. The molecule has 24 heavy (non-hydrogen) atoms. The number of sulfonamides is 1. The zero-order valence-electron chi connectivity index (χ0n) is 13.1. The van der Waals surface area contributed by atoms with Gasteiger partial charge in [-0.3, -0.25) is 4.79 Å². The Morgan fingerprint density at radius 2 is 2.17 bits per heavy atom. The van der Waals surface area contributed by atoms with Gasteiger partial charge in [-0.2, -0.15) is 8.42 Å². The van der Waals surface area contributed by atoms with Crippen LogP contribution in [-0.4, -0.2) is 33.3 Å². The highest BCUT2D eigenvalue weighted by Crippen LogP contribution is 2.37. The van der Waals surface area contributed by atoms with Crippen molar-refractivity contribution in [3.63, 3.8) is 0 Å². The number of anilines is 1. The molecule has 1 aromatic rings. The lowest BCUT2D eigenvalue weighted by atomic mass is 10.1. The molecular weight excluding hydrogens is 350 g/mol. The number of amidine groups is 1. The van der Waals surface area contributed by atoms with Crippen molar-refractivity contribution in [1.82, 2.24) is 5.32 Å². The van der Waals surface area contributed by atoms with Crippen LogP contribution < -0.4 is 10.2 Å². The fourth-order valence-electron chi connectivity index (χ4n) is 2.93. The quantitative estimate of drug-likeness (QED) is 0.833. The van der Waals surface area contributed by atoms with Crippen LogP contribution in [0.25, 0.3) is 0 Å². The molecule has 0 bridgehead atoms. The normalized spacial score (nSPS) is 18.7. The second kappa shape index (κ2) is 6.57. The molecule has 1 saturated heterocycles. The van der Waals surface area contributed by atoms with Gasteiger partial charge in [0, 0.05) is 19.5 Å². The first kappa shape index (κ1) is 17.0. The molecule has 0 aliphatic carbocycles. The van der Waals surface area contributed by atoms with Crippen molar-refractivity contribution in [2.24, 2.45) is 4.40 Å². The van der Waals surface area contributed by atoms with Crippen LogP contribution in [0.2, 0.25) is 5.02 Å².